The Morgan fingerprint density at radius 2 is 1.93 bits per heavy atom. The number of nitrogens with one attached hydrogen (secondary N) is 3. The number of ether oxygens (including phenoxy) is 3. The van der Waals surface area contributed by atoms with E-state index in [0.717, 1.165) is 49.6 Å². The largest absolute Gasteiger partial charge is 0.489 e. The van der Waals surface area contributed by atoms with Gasteiger partial charge in [0.1, 0.15) is 23.8 Å². The summed E-state index contributed by atoms with van der Waals surface area (Å²) in [4.78, 5) is 37.3. The first-order valence-corrected chi connectivity index (χ1v) is 21.5. The number of nitro groups is 1. The highest BCUT2D eigenvalue weighted by molar-refractivity contribution is 7.90. The number of fused-ring (bicyclic) bond motifs is 2. The van der Waals surface area contributed by atoms with Gasteiger partial charge in [-0.1, -0.05) is 24.3 Å². The van der Waals surface area contributed by atoms with Crippen molar-refractivity contribution in [1.29, 1.82) is 0 Å². The number of carbonyl (C=O) groups excluding carboxylic acids is 1. The maximum absolute atomic E-state index is 13.9. The number of aryl methyl sites for hydroxylation is 1. The molecule has 0 unspecified atom stereocenters. The van der Waals surface area contributed by atoms with Crippen LogP contribution < -0.4 is 24.4 Å². The molecule has 1 saturated carbocycles. The smallest absolute Gasteiger partial charge is 0.297 e. The van der Waals surface area contributed by atoms with Crippen molar-refractivity contribution in [3.63, 3.8) is 0 Å². The van der Waals surface area contributed by atoms with E-state index in [1.807, 2.05) is 19.9 Å². The highest BCUT2D eigenvalue weighted by atomic mass is 32.2. The summed E-state index contributed by atoms with van der Waals surface area (Å²) >= 11 is 0. The number of pyridine rings is 1. The number of aromatic amines is 1. The van der Waals surface area contributed by atoms with E-state index < -0.39 is 31.4 Å². The molecule has 15 nitrogen and oxygen atoms in total. The Morgan fingerprint density at radius 1 is 1.12 bits per heavy atom. The van der Waals surface area contributed by atoms with Crippen LogP contribution in [0.4, 0.5) is 17.1 Å². The third-order valence-corrected chi connectivity index (χ3v) is 13.4. The van der Waals surface area contributed by atoms with Crippen LogP contribution in [0.25, 0.3) is 11.0 Å². The molecule has 308 valence electrons. The first-order valence-electron chi connectivity index (χ1n) is 20.1. The molecule has 4 aliphatic rings. The van der Waals surface area contributed by atoms with E-state index in [4.69, 9.17) is 14.2 Å². The second-order valence-corrected chi connectivity index (χ2v) is 18.3. The van der Waals surface area contributed by atoms with Gasteiger partial charge in [0, 0.05) is 66.1 Å². The van der Waals surface area contributed by atoms with E-state index in [1.54, 1.807) is 30.5 Å². The number of hydrogen-bond acceptors (Lipinski definition) is 12. The van der Waals surface area contributed by atoms with Crippen molar-refractivity contribution in [1.82, 2.24) is 19.6 Å². The van der Waals surface area contributed by atoms with Gasteiger partial charge in [0.2, 0.25) is 0 Å². The van der Waals surface area contributed by atoms with Crippen LogP contribution in [-0.2, 0) is 14.8 Å². The molecule has 5 aromatic rings. The Bertz CT molecular complexity index is 2550. The molecular weight excluding hydrogens is 775 g/mol. The number of sulfonamides is 1. The van der Waals surface area contributed by atoms with Crippen LogP contribution in [0.5, 0.6) is 17.2 Å². The number of aromatic nitrogens is 2. The molecule has 3 aromatic carbocycles. The predicted molar refractivity (Wildman–Crippen MR) is 222 cm³/mol. The van der Waals surface area contributed by atoms with E-state index >= 15 is 0 Å². The Morgan fingerprint density at radius 3 is 2.71 bits per heavy atom. The van der Waals surface area contributed by atoms with E-state index in [0.29, 0.717) is 23.5 Å². The maximum atomic E-state index is 13.9. The molecule has 1 spiro atoms. The molecule has 5 heterocycles. The van der Waals surface area contributed by atoms with Gasteiger partial charge in [-0.25, -0.2) is 18.1 Å². The van der Waals surface area contributed by atoms with Gasteiger partial charge in [-0.3, -0.25) is 19.8 Å². The van der Waals surface area contributed by atoms with E-state index in [9.17, 15) is 23.3 Å². The van der Waals surface area contributed by atoms with Gasteiger partial charge in [-0.2, -0.15) is 0 Å². The van der Waals surface area contributed by atoms with Gasteiger partial charge in [0.05, 0.1) is 40.3 Å². The molecule has 3 aliphatic heterocycles. The second kappa shape index (κ2) is 15.1. The van der Waals surface area contributed by atoms with Gasteiger partial charge < -0.3 is 29.4 Å². The number of likely N-dealkylation sites (tertiary alicyclic amines) is 1. The van der Waals surface area contributed by atoms with Crippen LogP contribution in [0, 0.1) is 22.5 Å². The summed E-state index contributed by atoms with van der Waals surface area (Å²) in [6.07, 6.45) is 7.88. The lowest BCUT2D eigenvalue weighted by molar-refractivity contribution is -0.384. The van der Waals surface area contributed by atoms with Crippen molar-refractivity contribution in [3.05, 3.63) is 106 Å². The number of rotatable bonds is 12. The highest BCUT2D eigenvalue weighted by Crippen LogP contribution is 2.54. The van der Waals surface area contributed by atoms with E-state index in [-0.39, 0.29) is 53.5 Å². The van der Waals surface area contributed by atoms with Crippen LogP contribution in [-0.4, -0.2) is 85.2 Å². The Balaban J connectivity index is 0.935. The number of anilines is 2. The molecule has 3 fully saturated rings. The molecule has 3 N–H and O–H groups in total. The molecule has 2 saturated heterocycles. The third kappa shape index (κ3) is 7.56. The molecule has 1 amide bonds. The van der Waals surface area contributed by atoms with Gasteiger partial charge in [-0.15, -0.1) is 0 Å². The Kier molecular flexibility index (Phi) is 9.96. The lowest BCUT2D eigenvalue weighted by Gasteiger charge is -2.62. The first kappa shape index (κ1) is 38.8. The maximum Gasteiger partial charge on any atom is 0.297 e. The fourth-order valence-electron chi connectivity index (χ4n) is 9.19. The summed E-state index contributed by atoms with van der Waals surface area (Å²) in [5.74, 6) is -0.501. The molecule has 9 rings (SSSR count). The number of carbonyl (C=O) groups is 1. The summed E-state index contributed by atoms with van der Waals surface area (Å²) in [6, 6.07) is 20.1. The minimum atomic E-state index is -4.63. The Hall–Kier alpha value is -5.71. The van der Waals surface area contributed by atoms with Crippen molar-refractivity contribution < 1.29 is 32.3 Å². The van der Waals surface area contributed by atoms with Gasteiger partial charge >= 0.3 is 0 Å². The quantitative estimate of drug-likeness (QED) is 0.0860. The van der Waals surface area contributed by atoms with Gasteiger partial charge in [-0.05, 0) is 88.4 Å². The zero-order valence-electron chi connectivity index (χ0n) is 33.1. The number of benzene rings is 3. The topological polar surface area (TPSA) is 181 Å². The minimum absolute atomic E-state index is 0.0227. The fourth-order valence-corrected chi connectivity index (χ4v) is 10.2. The monoisotopic (exact) mass is 821 g/mol. The normalized spacial score (nSPS) is 20.1. The average molecular weight is 822 g/mol. The van der Waals surface area contributed by atoms with E-state index in [2.05, 4.69) is 61.0 Å². The Labute approximate surface area is 342 Å². The van der Waals surface area contributed by atoms with Crippen LogP contribution >= 0.6 is 0 Å². The zero-order chi connectivity index (χ0) is 41.1. The third-order valence-electron chi connectivity index (χ3n) is 12.1. The molecule has 16 heteroatoms. The molecule has 2 aromatic heterocycles. The summed E-state index contributed by atoms with van der Waals surface area (Å²) < 4.78 is 47.4. The van der Waals surface area contributed by atoms with E-state index in [1.165, 1.54) is 36.2 Å². The van der Waals surface area contributed by atoms with Gasteiger partial charge in [0.25, 0.3) is 21.6 Å². The van der Waals surface area contributed by atoms with Crippen molar-refractivity contribution in [2.45, 2.75) is 75.6 Å². The first-order chi connectivity index (χ1) is 28.3. The van der Waals surface area contributed by atoms with Crippen LogP contribution in [0.15, 0.2) is 84.0 Å². The van der Waals surface area contributed by atoms with Crippen molar-refractivity contribution >= 4 is 44.0 Å². The molecule has 0 radical (unpaired) electrons. The molecule has 2 atom stereocenters. The summed E-state index contributed by atoms with van der Waals surface area (Å²) in [6.45, 7) is 9.12. The van der Waals surface area contributed by atoms with Crippen LogP contribution in [0.3, 0.4) is 0 Å². The molecule has 0 bridgehead atoms. The standard InChI is InChI=1S/C43H47N7O8S/c1-26(2)56-22-29-23-57-39-18-33(17-37(50(52)53)40(39)46-29)59(54,55)47-42(51)35-11-10-30(16-38(35)58-32-15-28-12-13-44-41(28)45-21-32)48-24-43(25-48)19-31(20-43)49-14-6-9-36(49)34-8-5-4-7-27(34)3/h4-5,7-8,10-13,15-18,21,26,29,31,36,46H,6,9,14,19-20,22-25H2,1-3H3,(H,44,45)(H,47,51)/t29-,36-/m0/s1. The molecule has 59 heavy (non-hydrogen) atoms. The molecular formula is C43H47N7O8S. The zero-order valence-corrected chi connectivity index (χ0v) is 34.0. The number of amides is 1. The fraction of sp³-hybridized carbons (Fsp3) is 0.395. The summed E-state index contributed by atoms with van der Waals surface area (Å²) in [5, 5.41) is 16.0. The van der Waals surface area contributed by atoms with Crippen LogP contribution in [0.2, 0.25) is 0 Å². The SMILES string of the molecule is Cc1ccccc1[C@@H]1CCCN1C1CC2(C1)CN(c1ccc(C(=O)NS(=O)(=O)c3cc4c(c([N+](=O)[O-])c3)N[C@@H](COC(C)C)CO4)c(Oc3cnc4[nH]ccc4c3)c1)C2. The number of nitro benzene ring substituents is 1. The summed E-state index contributed by atoms with van der Waals surface area (Å²) in [5.41, 5.74) is 4.00. The number of H-pyrrole nitrogens is 1. The lowest BCUT2D eigenvalue weighted by atomic mass is 9.60. The van der Waals surface area contributed by atoms with Gasteiger partial charge in [0.15, 0.2) is 11.4 Å². The van der Waals surface area contributed by atoms with Crippen molar-refractivity contribution in [3.8, 4) is 17.2 Å². The lowest BCUT2D eigenvalue weighted by Crippen LogP contribution is -2.66. The highest BCUT2D eigenvalue weighted by Gasteiger charge is 2.55. The van der Waals surface area contributed by atoms with Crippen molar-refractivity contribution in [2.75, 3.05) is 43.1 Å². The van der Waals surface area contributed by atoms with Crippen LogP contribution in [0.1, 0.15) is 67.1 Å². The predicted octanol–water partition coefficient (Wildman–Crippen LogP) is 7.09. The average Bonchev–Trinajstić information content (AvgIpc) is 3.85. The number of hydrogen-bond donors (Lipinski definition) is 3. The summed E-state index contributed by atoms with van der Waals surface area (Å²) in [7, 11) is -4.63. The number of nitrogens with zero attached hydrogens (tertiary/aromatic N) is 4. The second-order valence-electron chi connectivity index (χ2n) is 16.6. The molecule has 1 aliphatic carbocycles. The van der Waals surface area contributed by atoms with Crippen molar-refractivity contribution in [2.24, 2.45) is 5.41 Å². The minimum Gasteiger partial charge on any atom is -0.489 e.